The Bertz CT molecular complexity index is 512. The van der Waals surface area contributed by atoms with Crippen LogP contribution in [0, 0.1) is 0 Å². The van der Waals surface area contributed by atoms with Crippen molar-refractivity contribution in [1.82, 2.24) is 5.32 Å². The van der Waals surface area contributed by atoms with Crippen molar-refractivity contribution in [2.75, 3.05) is 29.9 Å². The van der Waals surface area contributed by atoms with Crippen LogP contribution in [0.5, 0.6) is 0 Å². The highest BCUT2D eigenvalue weighted by Crippen LogP contribution is 2.21. The van der Waals surface area contributed by atoms with Gasteiger partial charge in [0.2, 0.25) is 5.91 Å². The molecule has 138 valence electrons. The van der Waals surface area contributed by atoms with Gasteiger partial charge >= 0.3 is 0 Å². The number of hydrogen-bond donors (Lipinski definition) is 2. The molecule has 0 spiro atoms. The van der Waals surface area contributed by atoms with Gasteiger partial charge in [0.25, 0.3) is 0 Å². The molecule has 25 heavy (non-hydrogen) atoms. The summed E-state index contributed by atoms with van der Waals surface area (Å²) < 4.78 is 0. The zero-order chi connectivity index (χ0) is 17.3. The van der Waals surface area contributed by atoms with Crippen LogP contribution in [0.25, 0.3) is 0 Å². The minimum atomic E-state index is 0.0618. The molecule has 1 aromatic carbocycles. The Balaban J connectivity index is 1.44. The van der Waals surface area contributed by atoms with E-state index in [-0.39, 0.29) is 5.91 Å². The normalized spacial score (nSPS) is 19.9. The topological polar surface area (TPSA) is 44.4 Å². The summed E-state index contributed by atoms with van der Waals surface area (Å²) in [7, 11) is 0. The average Bonchev–Trinajstić information content (AvgIpc) is 3.06. The van der Waals surface area contributed by atoms with Gasteiger partial charge in [-0.25, -0.2) is 0 Å². The van der Waals surface area contributed by atoms with Gasteiger partial charge in [-0.1, -0.05) is 38.5 Å². The first-order valence-corrected chi connectivity index (χ1v) is 10.2. The first-order chi connectivity index (χ1) is 12.3. The molecule has 0 bridgehead atoms. The number of carbonyl (C=O) groups is 1. The van der Waals surface area contributed by atoms with Crippen LogP contribution in [0.3, 0.4) is 0 Å². The van der Waals surface area contributed by atoms with Crippen molar-refractivity contribution in [2.45, 2.75) is 70.3 Å². The molecular weight excluding hydrogens is 310 g/mol. The number of anilines is 2. The number of nitrogens with zero attached hydrogens (tertiary/aromatic N) is 1. The molecule has 0 radical (unpaired) electrons. The minimum Gasteiger partial charge on any atom is -0.372 e. The lowest BCUT2D eigenvalue weighted by Crippen LogP contribution is -2.35. The van der Waals surface area contributed by atoms with Crippen LogP contribution in [-0.4, -0.2) is 31.6 Å². The Labute approximate surface area is 152 Å². The molecule has 1 amide bonds. The lowest BCUT2D eigenvalue weighted by atomic mass is 10.1. The summed E-state index contributed by atoms with van der Waals surface area (Å²) in [5.41, 5.74) is 2.17. The van der Waals surface area contributed by atoms with Crippen molar-refractivity contribution < 1.29 is 4.79 Å². The van der Waals surface area contributed by atoms with Crippen molar-refractivity contribution >= 4 is 17.3 Å². The highest BCUT2D eigenvalue weighted by molar-refractivity contribution is 5.92. The van der Waals surface area contributed by atoms with Gasteiger partial charge in [0.1, 0.15) is 0 Å². The number of nitrogens with one attached hydrogen (secondary N) is 2. The second-order valence-corrected chi connectivity index (χ2v) is 7.57. The van der Waals surface area contributed by atoms with Gasteiger partial charge in [0.05, 0.1) is 6.54 Å². The van der Waals surface area contributed by atoms with E-state index >= 15 is 0 Å². The standard InChI is InChI=1S/C21H33N3O/c25-21(17-22-18-9-5-1-2-6-10-18)23-19-11-13-20(14-12-19)24-15-7-3-4-8-16-24/h11-14,18,22H,1-10,15-17H2,(H,23,25). The number of rotatable bonds is 5. The number of hydrogen-bond acceptors (Lipinski definition) is 3. The van der Waals surface area contributed by atoms with Crippen LogP contribution in [-0.2, 0) is 4.79 Å². The highest BCUT2D eigenvalue weighted by Gasteiger charge is 2.13. The number of carbonyl (C=O) groups excluding carboxylic acids is 1. The van der Waals surface area contributed by atoms with Crippen molar-refractivity contribution in [2.24, 2.45) is 0 Å². The van der Waals surface area contributed by atoms with Crippen LogP contribution in [0.15, 0.2) is 24.3 Å². The number of benzene rings is 1. The fourth-order valence-corrected chi connectivity index (χ4v) is 4.01. The van der Waals surface area contributed by atoms with Gasteiger partial charge < -0.3 is 15.5 Å². The van der Waals surface area contributed by atoms with Gasteiger partial charge in [-0.05, 0) is 49.9 Å². The fourth-order valence-electron chi connectivity index (χ4n) is 4.01. The predicted molar refractivity (Wildman–Crippen MR) is 105 cm³/mol. The van der Waals surface area contributed by atoms with E-state index in [1.165, 1.54) is 69.9 Å². The van der Waals surface area contributed by atoms with Crippen LogP contribution >= 0.6 is 0 Å². The Morgan fingerprint density at radius 1 is 0.880 bits per heavy atom. The Hall–Kier alpha value is -1.55. The molecule has 1 aliphatic carbocycles. The summed E-state index contributed by atoms with van der Waals surface area (Å²) in [6.07, 6.45) is 12.9. The van der Waals surface area contributed by atoms with E-state index in [0.717, 1.165) is 18.8 Å². The summed E-state index contributed by atoms with van der Waals surface area (Å²) in [5.74, 6) is 0.0618. The molecule has 1 aliphatic heterocycles. The molecular formula is C21H33N3O. The molecule has 2 aliphatic rings. The van der Waals surface area contributed by atoms with Gasteiger partial charge in [-0.2, -0.15) is 0 Å². The Morgan fingerprint density at radius 2 is 1.48 bits per heavy atom. The molecule has 1 heterocycles. The van der Waals surface area contributed by atoms with E-state index in [4.69, 9.17) is 0 Å². The molecule has 0 atom stereocenters. The summed E-state index contributed by atoms with van der Waals surface area (Å²) in [6, 6.07) is 8.85. The van der Waals surface area contributed by atoms with Crippen LogP contribution < -0.4 is 15.5 Å². The molecule has 2 N–H and O–H groups in total. The molecule has 0 unspecified atom stereocenters. The Kier molecular flexibility index (Phi) is 7.16. The van der Waals surface area contributed by atoms with E-state index in [1.54, 1.807) is 0 Å². The fraction of sp³-hybridized carbons (Fsp3) is 0.667. The summed E-state index contributed by atoms with van der Waals surface area (Å²) in [5, 5.41) is 6.45. The van der Waals surface area contributed by atoms with Gasteiger partial charge in [-0.15, -0.1) is 0 Å². The first-order valence-electron chi connectivity index (χ1n) is 10.2. The van der Waals surface area contributed by atoms with Crippen LogP contribution in [0.1, 0.15) is 64.2 Å². The third kappa shape index (κ3) is 6.03. The molecule has 1 saturated heterocycles. The summed E-state index contributed by atoms with van der Waals surface area (Å²) in [4.78, 5) is 14.7. The monoisotopic (exact) mass is 343 g/mol. The third-order valence-corrected chi connectivity index (χ3v) is 5.53. The third-order valence-electron chi connectivity index (χ3n) is 5.53. The smallest absolute Gasteiger partial charge is 0.238 e. The first kappa shape index (κ1) is 18.2. The van der Waals surface area contributed by atoms with Crippen molar-refractivity contribution in [3.8, 4) is 0 Å². The second kappa shape index (κ2) is 9.81. The molecule has 3 rings (SSSR count). The van der Waals surface area contributed by atoms with Gasteiger partial charge in [0.15, 0.2) is 0 Å². The summed E-state index contributed by atoms with van der Waals surface area (Å²) in [6.45, 7) is 2.71. The molecule has 4 nitrogen and oxygen atoms in total. The SMILES string of the molecule is O=C(CNC1CCCCCC1)Nc1ccc(N2CCCCCC2)cc1. The molecule has 2 fully saturated rings. The van der Waals surface area contributed by atoms with E-state index in [1.807, 2.05) is 12.1 Å². The van der Waals surface area contributed by atoms with Crippen molar-refractivity contribution in [1.29, 1.82) is 0 Å². The van der Waals surface area contributed by atoms with E-state index < -0.39 is 0 Å². The zero-order valence-electron chi connectivity index (χ0n) is 15.4. The van der Waals surface area contributed by atoms with E-state index in [2.05, 4.69) is 27.7 Å². The second-order valence-electron chi connectivity index (χ2n) is 7.57. The summed E-state index contributed by atoms with van der Waals surface area (Å²) >= 11 is 0. The van der Waals surface area contributed by atoms with Crippen molar-refractivity contribution in [3.05, 3.63) is 24.3 Å². The minimum absolute atomic E-state index is 0.0618. The van der Waals surface area contributed by atoms with E-state index in [9.17, 15) is 4.79 Å². The van der Waals surface area contributed by atoms with Crippen LogP contribution in [0.2, 0.25) is 0 Å². The maximum absolute atomic E-state index is 12.2. The average molecular weight is 344 g/mol. The lowest BCUT2D eigenvalue weighted by molar-refractivity contribution is -0.115. The number of amides is 1. The van der Waals surface area contributed by atoms with Gasteiger partial charge in [-0.3, -0.25) is 4.79 Å². The maximum atomic E-state index is 12.2. The molecule has 1 saturated carbocycles. The molecule has 1 aromatic rings. The van der Waals surface area contributed by atoms with Crippen molar-refractivity contribution in [3.63, 3.8) is 0 Å². The van der Waals surface area contributed by atoms with Gasteiger partial charge in [0, 0.05) is 30.5 Å². The molecule has 4 heteroatoms. The lowest BCUT2D eigenvalue weighted by Gasteiger charge is -2.22. The largest absolute Gasteiger partial charge is 0.372 e. The Morgan fingerprint density at radius 3 is 2.12 bits per heavy atom. The van der Waals surface area contributed by atoms with Crippen LogP contribution in [0.4, 0.5) is 11.4 Å². The maximum Gasteiger partial charge on any atom is 0.238 e. The highest BCUT2D eigenvalue weighted by atomic mass is 16.1. The van der Waals surface area contributed by atoms with E-state index in [0.29, 0.717) is 12.6 Å². The quantitative estimate of drug-likeness (QED) is 0.783. The predicted octanol–water partition coefficient (Wildman–Crippen LogP) is 4.32. The zero-order valence-corrected chi connectivity index (χ0v) is 15.4. The molecule has 0 aromatic heterocycles.